The van der Waals surface area contributed by atoms with E-state index in [1.54, 1.807) is 12.1 Å². The van der Waals surface area contributed by atoms with Crippen LogP contribution in [0, 0.1) is 0 Å². The van der Waals surface area contributed by atoms with Crippen LogP contribution >= 0.6 is 11.3 Å². The molecule has 1 aliphatic rings. The third kappa shape index (κ3) is 5.61. The minimum Gasteiger partial charge on any atom is -0.467 e. The number of methoxy groups -OCH3 is 1. The van der Waals surface area contributed by atoms with Crippen LogP contribution in [0.3, 0.4) is 0 Å². The summed E-state index contributed by atoms with van der Waals surface area (Å²) in [5.74, 6) is -0.982. The Morgan fingerprint density at radius 2 is 1.97 bits per heavy atom. The number of carbonyl (C=O) groups is 3. The molecule has 2 aromatic rings. The highest BCUT2D eigenvalue weighted by atomic mass is 32.1. The van der Waals surface area contributed by atoms with E-state index in [9.17, 15) is 14.4 Å². The summed E-state index contributed by atoms with van der Waals surface area (Å²) in [4.78, 5) is 47.3. The molecule has 2 amide bonds. The third-order valence-corrected chi connectivity index (χ3v) is 6.01. The van der Waals surface area contributed by atoms with E-state index in [1.165, 1.54) is 18.9 Å². The van der Waals surface area contributed by atoms with Gasteiger partial charge < -0.3 is 26.4 Å². The van der Waals surface area contributed by atoms with Crippen LogP contribution in [0.4, 0.5) is 10.8 Å². The van der Waals surface area contributed by atoms with Crippen molar-refractivity contribution in [3.63, 3.8) is 0 Å². The zero-order valence-electron chi connectivity index (χ0n) is 18.0. The summed E-state index contributed by atoms with van der Waals surface area (Å²) < 4.78 is 4.85. The van der Waals surface area contributed by atoms with Gasteiger partial charge in [-0.1, -0.05) is 23.5 Å². The first-order valence-corrected chi connectivity index (χ1v) is 10.9. The molecule has 5 N–H and O–H groups in total. The first kappa shape index (κ1) is 23.2. The number of hydrogen-bond acceptors (Lipinski definition) is 7. The highest BCUT2D eigenvalue weighted by Gasteiger charge is 2.37. The number of aryl methyl sites for hydroxylation is 2. The summed E-state index contributed by atoms with van der Waals surface area (Å²) in [6.45, 7) is 1.85. The predicted molar refractivity (Wildman–Crippen MR) is 122 cm³/mol. The van der Waals surface area contributed by atoms with Crippen molar-refractivity contribution < 1.29 is 19.1 Å². The van der Waals surface area contributed by atoms with E-state index in [0.29, 0.717) is 47.2 Å². The number of esters is 1. The lowest BCUT2D eigenvalue weighted by Gasteiger charge is -2.22. The number of hydrogen-bond donors (Lipinski definition) is 3. The molecule has 1 fully saturated rings. The Morgan fingerprint density at radius 3 is 2.59 bits per heavy atom. The molecule has 0 saturated carbocycles. The third-order valence-electron chi connectivity index (χ3n) is 5.01. The van der Waals surface area contributed by atoms with Crippen molar-refractivity contribution in [1.82, 2.24) is 9.88 Å². The Kier molecular flexibility index (Phi) is 7.41. The number of ether oxygens (including phenoxy) is 1. The normalized spacial score (nSPS) is 15.3. The number of guanidine groups is 1. The lowest BCUT2D eigenvalue weighted by Crippen LogP contribution is -2.41. The number of nitrogens with two attached hydrogens (primary N) is 2. The van der Waals surface area contributed by atoms with Crippen molar-refractivity contribution in [3.8, 4) is 0 Å². The molecule has 0 spiro atoms. The lowest BCUT2D eigenvalue weighted by atomic mass is 10.1. The second-order valence-electron chi connectivity index (χ2n) is 7.36. The van der Waals surface area contributed by atoms with Gasteiger partial charge in [-0.15, -0.1) is 0 Å². The second-order valence-corrected chi connectivity index (χ2v) is 8.36. The minimum absolute atomic E-state index is 0.0129. The van der Waals surface area contributed by atoms with Crippen molar-refractivity contribution in [2.75, 3.05) is 19.0 Å². The van der Waals surface area contributed by atoms with E-state index >= 15 is 0 Å². The number of benzene rings is 1. The highest BCUT2D eigenvalue weighted by molar-refractivity contribution is 7.17. The van der Waals surface area contributed by atoms with Crippen LogP contribution in [0.5, 0.6) is 0 Å². The second kappa shape index (κ2) is 10.2. The van der Waals surface area contributed by atoms with Crippen molar-refractivity contribution in [1.29, 1.82) is 0 Å². The topological polar surface area (TPSA) is 153 Å². The van der Waals surface area contributed by atoms with Crippen LogP contribution in [-0.2, 0) is 27.2 Å². The smallest absolute Gasteiger partial charge is 0.328 e. The predicted octanol–water partition coefficient (Wildman–Crippen LogP) is 1.57. The van der Waals surface area contributed by atoms with Gasteiger partial charge in [-0.05, 0) is 43.4 Å². The first-order chi connectivity index (χ1) is 15.3. The minimum atomic E-state index is -0.602. The summed E-state index contributed by atoms with van der Waals surface area (Å²) in [6, 6.07) is 6.80. The van der Waals surface area contributed by atoms with Gasteiger partial charge in [0, 0.05) is 13.5 Å². The highest BCUT2D eigenvalue weighted by Crippen LogP contribution is 2.29. The maximum atomic E-state index is 13.3. The van der Waals surface area contributed by atoms with E-state index in [-0.39, 0.29) is 17.8 Å². The molecule has 2 heterocycles. The Labute approximate surface area is 189 Å². The summed E-state index contributed by atoms with van der Waals surface area (Å²) in [7, 11) is 1.31. The van der Waals surface area contributed by atoms with Gasteiger partial charge >= 0.3 is 5.97 Å². The summed E-state index contributed by atoms with van der Waals surface area (Å²) >= 11 is 1.12. The number of aliphatic imine (C=N–C) groups is 1. The number of anilines is 1. The van der Waals surface area contributed by atoms with Crippen LogP contribution < -0.4 is 16.8 Å². The Hall–Kier alpha value is -3.47. The van der Waals surface area contributed by atoms with Gasteiger partial charge in [0.1, 0.15) is 10.9 Å². The largest absolute Gasteiger partial charge is 0.467 e. The SMILES string of the molecule is COC(=O)[C@H]1CCCN1C(=O)c1sc(NC(C)=O)nc1CCc1ccc(N=C(N)N)cc1. The zero-order chi connectivity index (χ0) is 23.3. The number of nitrogens with one attached hydrogen (secondary N) is 1. The molecule has 1 saturated heterocycles. The van der Waals surface area contributed by atoms with E-state index < -0.39 is 12.0 Å². The lowest BCUT2D eigenvalue weighted by molar-refractivity contribution is -0.145. The van der Waals surface area contributed by atoms with E-state index in [1.807, 2.05) is 12.1 Å². The van der Waals surface area contributed by atoms with Crippen LogP contribution in [0.2, 0.25) is 0 Å². The average Bonchev–Trinajstić information content (AvgIpc) is 3.38. The van der Waals surface area contributed by atoms with Crippen LogP contribution in [0.15, 0.2) is 29.3 Å². The zero-order valence-corrected chi connectivity index (χ0v) is 18.8. The fourth-order valence-corrected chi connectivity index (χ4v) is 4.58. The molecule has 1 aliphatic heterocycles. The van der Waals surface area contributed by atoms with Gasteiger partial charge in [0.15, 0.2) is 11.1 Å². The quantitative estimate of drug-likeness (QED) is 0.323. The Morgan fingerprint density at radius 1 is 1.25 bits per heavy atom. The van der Waals surface area contributed by atoms with Crippen molar-refractivity contribution in [2.45, 2.75) is 38.6 Å². The number of nitrogens with zero attached hydrogens (tertiary/aromatic N) is 3. The van der Waals surface area contributed by atoms with Gasteiger partial charge in [0.2, 0.25) is 5.91 Å². The molecule has 3 rings (SSSR count). The Balaban J connectivity index is 1.81. The molecule has 11 heteroatoms. The molecule has 0 bridgehead atoms. The number of rotatable bonds is 7. The number of aromatic nitrogens is 1. The number of carbonyl (C=O) groups excluding carboxylic acids is 3. The Bertz CT molecular complexity index is 1030. The molecule has 0 radical (unpaired) electrons. The van der Waals surface area contributed by atoms with Gasteiger partial charge in [0.25, 0.3) is 5.91 Å². The standard InChI is InChI=1S/C21H26N6O4S/c1-12(28)24-21-26-15(10-7-13-5-8-14(9-6-13)25-20(22)23)17(32-21)18(29)27-11-3-4-16(27)19(30)31-2/h5-6,8-9,16H,3-4,7,10-11H2,1-2H3,(H4,22,23,25)(H,24,26,28)/t16-/m1/s1. The molecule has 0 unspecified atom stereocenters. The molecule has 170 valence electrons. The number of amides is 2. The molecule has 1 aromatic heterocycles. The molecule has 32 heavy (non-hydrogen) atoms. The van der Waals surface area contributed by atoms with Gasteiger partial charge in [0.05, 0.1) is 18.5 Å². The van der Waals surface area contributed by atoms with E-state index in [4.69, 9.17) is 16.2 Å². The van der Waals surface area contributed by atoms with Crippen LogP contribution in [0.25, 0.3) is 0 Å². The maximum absolute atomic E-state index is 13.3. The average molecular weight is 459 g/mol. The number of thiazole rings is 1. The molecular weight excluding hydrogens is 432 g/mol. The van der Waals surface area contributed by atoms with Crippen molar-refractivity contribution in [2.24, 2.45) is 16.5 Å². The van der Waals surface area contributed by atoms with E-state index in [0.717, 1.165) is 23.3 Å². The van der Waals surface area contributed by atoms with Crippen molar-refractivity contribution >= 4 is 45.9 Å². The van der Waals surface area contributed by atoms with Crippen LogP contribution in [0.1, 0.15) is 40.7 Å². The van der Waals surface area contributed by atoms with E-state index in [2.05, 4.69) is 15.3 Å². The fraction of sp³-hybridized carbons (Fsp3) is 0.381. The molecule has 1 atom stereocenters. The summed E-state index contributed by atoms with van der Waals surface area (Å²) in [6.07, 6.45) is 2.38. The molecule has 10 nitrogen and oxygen atoms in total. The number of likely N-dealkylation sites (tertiary alicyclic amines) is 1. The summed E-state index contributed by atoms with van der Waals surface area (Å²) in [5, 5.41) is 3.00. The fourth-order valence-electron chi connectivity index (χ4n) is 3.56. The van der Waals surface area contributed by atoms with Gasteiger partial charge in [-0.3, -0.25) is 9.59 Å². The molecular formula is C21H26N6O4S. The maximum Gasteiger partial charge on any atom is 0.328 e. The molecule has 1 aromatic carbocycles. The molecule has 0 aliphatic carbocycles. The van der Waals surface area contributed by atoms with Gasteiger partial charge in [-0.2, -0.15) is 0 Å². The van der Waals surface area contributed by atoms with Crippen molar-refractivity contribution in [3.05, 3.63) is 40.4 Å². The first-order valence-electron chi connectivity index (χ1n) is 10.1. The monoisotopic (exact) mass is 458 g/mol. The van der Waals surface area contributed by atoms with Crippen LogP contribution in [-0.4, -0.2) is 53.3 Å². The van der Waals surface area contributed by atoms with Gasteiger partial charge in [-0.25, -0.2) is 14.8 Å². The summed E-state index contributed by atoms with van der Waals surface area (Å²) in [5.41, 5.74) is 13.0.